The van der Waals surface area contributed by atoms with Crippen molar-refractivity contribution in [2.45, 2.75) is 35.9 Å². The molecular formula is C16H20N2OS2. The monoisotopic (exact) mass is 320 g/mol. The molecule has 3 aliphatic rings. The standard InChI is InChI=1S/C16H20N2OS2/c19-15(12-6-2-1-3-7-12)18-16(20-10-11-21-16)13-8-4-5-9-14(13)17-18/h1-3,6-7,13-14,17H,4-5,8-11H2. The van der Waals surface area contributed by atoms with Crippen molar-refractivity contribution in [1.82, 2.24) is 10.4 Å². The van der Waals surface area contributed by atoms with Crippen molar-refractivity contribution in [1.29, 1.82) is 0 Å². The number of nitrogens with zero attached hydrogens (tertiary/aromatic N) is 1. The van der Waals surface area contributed by atoms with Gasteiger partial charge >= 0.3 is 0 Å². The largest absolute Gasteiger partial charge is 0.270 e. The summed E-state index contributed by atoms with van der Waals surface area (Å²) in [5.41, 5.74) is 4.35. The first kappa shape index (κ1) is 14.0. The lowest BCUT2D eigenvalue weighted by atomic mass is 9.85. The maximum atomic E-state index is 13.0. The van der Waals surface area contributed by atoms with E-state index in [1.54, 1.807) is 0 Å². The van der Waals surface area contributed by atoms with Gasteiger partial charge in [0.15, 0.2) is 4.20 Å². The van der Waals surface area contributed by atoms with Crippen LogP contribution in [0, 0.1) is 5.92 Å². The third kappa shape index (κ3) is 2.21. The van der Waals surface area contributed by atoms with Crippen molar-refractivity contribution in [3.63, 3.8) is 0 Å². The van der Waals surface area contributed by atoms with Crippen LogP contribution in [0.1, 0.15) is 36.0 Å². The molecule has 1 aromatic carbocycles. The smallest absolute Gasteiger partial charge is 0.268 e. The molecule has 1 amide bonds. The van der Waals surface area contributed by atoms with Crippen LogP contribution in [-0.4, -0.2) is 32.7 Å². The average molecular weight is 320 g/mol. The van der Waals surface area contributed by atoms with E-state index < -0.39 is 0 Å². The molecular weight excluding hydrogens is 300 g/mol. The van der Waals surface area contributed by atoms with Gasteiger partial charge in [0.25, 0.3) is 5.91 Å². The molecule has 2 unspecified atom stereocenters. The van der Waals surface area contributed by atoms with Crippen molar-refractivity contribution in [3.8, 4) is 0 Å². The second-order valence-electron chi connectivity index (χ2n) is 5.96. The molecule has 1 N–H and O–H groups in total. The van der Waals surface area contributed by atoms with E-state index in [1.165, 1.54) is 25.7 Å². The highest BCUT2D eigenvalue weighted by molar-refractivity contribution is 8.21. The molecule has 2 saturated heterocycles. The molecule has 0 bridgehead atoms. The molecule has 2 aliphatic heterocycles. The number of hydrogen-bond acceptors (Lipinski definition) is 4. The van der Waals surface area contributed by atoms with E-state index in [1.807, 2.05) is 58.9 Å². The van der Waals surface area contributed by atoms with Crippen molar-refractivity contribution < 1.29 is 4.79 Å². The van der Waals surface area contributed by atoms with Crippen molar-refractivity contribution in [2.75, 3.05) is 11.5 Å². The zero-order valence-corrected chi connectivity index (χ0v) is 13.6. The van der Waals surface area contributed by atoms with E-state index in [9.17, 15) is 4.79 Å². The van der Waals surface area contributed by atoms with Gasteiger partial charge in [-0.2, -0.15) is 0 Å². The Balaban J connectivity index is 1.68. The topological polar surface area (TPSA) is 32.3 Å². The molecule has 0 radical (unpaired) electrons. The summed E-state index contributed by atoms with van der Waals surface area (Å²) in [6.45, 7) is 0. The first-order valence-corrected chi connectivity index (χ1v) is 9.72. The van der Waals surface area contributed by atoms with Crippen LogP contribution in [0.5, 0.6) is 0 Å². The summed E-state index contributed by atoms with van der Waals surface area (Å²) in [7, 11) is 0. The van der Waals surface area contributed by atoms with Gasteiger partial charge in [0.1, 0.15) is 0 Å². The second kappa shape index (κ2) is 5.52. The molecule has 3 nitrogen and oxygen atoms in total. The van der Waals surface area contributed by atoms with Crippen LogP contribution in [0.3, 0.4) is 0 Å². The maximum Gasteiger partial charge on any atom is 0.270 e. The molecule has 112 valence electrons. The zero-order chi connectivity index (χ0) is 14.3. The molecule has 1 aromatic rings. The number of nitrogens with one attached hydrogen (secondary N) is 1. The predicted octanol–water partition coefficient (Wildman–Crippen LogP) is 3.34. The first-order chi connectivity index (χ1) is 10.3. The van der Waals surface area contributed by atoms with Gasteiger partial charge in [-0.15, -0.1) is 23.5 Å². The van der Waals surface area contributed by atoms with Crippen LogP contribution in [0.4, 0.5) is 0 Å². The Kier molecular flexibility index (Phi) is 3.67. The van der Waals surface area contributed by atoms with Crippen LogP contribution in [0.25, 0.3) is 0 Å². The molecule has 2 heterocycles. The highest BCUT2D eigenvalue weighted by atomic mass is 32.2. The molecule has 1 aliphatic carbocycles. The summed E-state index contributed by atoms with van der Waals surface area (Å²) in [6, 6.07) is 10.2. The Bertz CT molecular complexity index is 530. The number of amides is 1. The van der Waals surface area contributed by atoms with Gasteiger partial charge in [-0.1, -0.05) is 31.0 Å². The maximum absolute atomic E-state index is 13.0. The Morgan fingerprint density at radius 1 is 1.14 bits per heavy atom. The minimum atomic E-state index is -0.0714. The average Bonchev–Trinajstić information content (AvgIpc) is 3.15. The number of carbonyl (C=O) groups is 1. The molecule has 5 heteroatoms. The van der Waals surface area contributed by atoms with Gasteiger partial charge < -0.3 is 0 Å². The zero-order valence-electron chi connectivity index (χ0n) is 12.0. The number of thioether (sulfide) groups is 2. The quantitative estimate of drug-likeness (QED) is 0.860. The first-order valence-electron chi connectivity index (χ1n) is 7.75. The van der Waals surface area contributed by atoms with Crippen LogP contribution in [-0.2, 0) is 0 Å². The minimum Gasteiger partial charge on any atom is -0.268 e. The Labute approximate surface area is 134 Å². The summed E-state index contributed by atoms with van der Waals surface area (Å²) in [4.78, 5) is 13.0. The highest BCUT2D eigenvalue weighted by Gasteiger charge is 2.58. The van der Waals surface area contributed by atoms with Crippen molar-refractivity contribution in [2.24, 2.45) is 5.92 Å². The summed E-state index contributed by atoms with van der Waals surface area (Å²) in [6.07, 6.45) is 5.04. The number of carbonyl (C=O) groups excluding carboxylic acids is 1. The van der Waals surface area contributed by atoms with Gasteiger partial charge in [0.05, 0.1) is 0 Å². The van der Waals surface area contributed by atoms with E-state index >= 15 is 0 Å². The van der Waals surface area contributed by atoms with Crippen molar-refractivity contribution in [3.05, 3.63) is 35.9 Å². The minimum absolute atomic E-state index is 0.0714. The predicted molar refractivity (Wildman–Crippen MR) is 89.1 cm³/mol. The van der Waals surface area contributed by atoms with E-state index in [-0.39, 0.29) is 10.1 Å². The van der Waals surface area contributed by atoms with Gasteiger partial charge in [0, 0.05) is 29.0 Å². The van der Waals surface area contributed by atoms with Crippen LogP contribution < -0.4 is 5.43 Å². The lowest BCUT2D eigenvalue weighted by Crippen LogP contribution is -2.48. The number of benzene rings is 1. The normalized spacial score (nSPS) is 30.6. The van der Waals surface area contributed by atoms with Crippen LogP contribution in [0.2, 0.25) is 0 Å². The van der Waals surface area contributed by atoms with E-state index in [0.717, 1.165) is 17.1 Å². The van der Waals surface area contributed by atoms with E-state index in [4.69, 9.17) is 0 Å². The van der Waals surface area contributed by atoms with Crippen LogP contribution in [0.15, 0.2) is 30.3 Å². The fraction of sp³-hybridized carbons (Fsp3) is 0.562. The number of hydrazine groups is 1. The molecule has 3 fully saturated rings. The SMILES string of the molecule is O=C(c1ccccc1)N1NC2CCCCC2C12SCCS2. The van der Waals surface area contributed by atoms with Gasteiger partial charge in [-0.05, 0) is 25.0 Å². The van der Waals surface area contributed by atoms with Crippen molar-refractivity contribution >= 4 is 29.4 Å². The lowest BCUT2D eigenvalue weighted by Gasteiger charge is -2.37. The molecule has 21 heavy (non-hydrogen) atoms. The highest BCUT2D eigenvalue weighted by Crippen LogP contribution is 2.58. The Hall–Kier alpha value is -0.650. The third-order valence-electron chi connectivity index (χ3n) is 4.77. The fourth-order valence-corrected chi connectivity index (χ4v) is 7.42. The molecule has 1 saturated carbocycles. The number of rotatable bonds is 1. The van der Waals surface area contributed by atoms with Gasteiger partial charge in [-0.3, -0.25) is 4.79 Å². The van der Waals surface area contributed by atoms with E-state index in [0.29, 0.717) is 12.0 Å². The summed E-state index contributed by atoms with van der Waals surface area (Å²) in [5, 5.41) is 1.98. The molecule has 0 aromatic heterocycles. The molecule has 4 rings (SSSR count). The van der Waals surface area contributed by atoms with Gasteiger partial charge in [0.2, 0.25) is 0 Å². The Morgan fingerprint density at radius 2 is 1.86 bits per heavy atom. The van der Waals surface area contributed by atoms with Crippen LogP contribution >= 0.6 is 23.5 Å². The third-order valence-corrected chi connectivity index (χ3v) is 8.35. The van der Waals surface area contributed by atoms with Gasteiger partial charge in [-0.25, -0.2) is 10.4 Å². The summed E-state index contributed by atoms with van der Waals surface area (Å²) >= 11 is 3.95. The lowest BCUT2D eigenvalue weighted by molar-refractivity contribution is 0.0670. The fourth-order valence-electron chi connectivity index (χ4n) is 3.81. The molecule has 1 spiro atoms. The molecule has 2 atom stereocenters. The van der Waals surface area contributed by atoms with E-state index in [2.05, 4.69) is 5.43 Å². The second-order valence-corrected chi connectivity index (χ2v) is 8.86. The summed E-state index contributed by atoms with van der Waals surface area (Å²) in [5.74, 6) is 3.02. The number of hydrogen-bond donors (Lipinski definition) is 1. The number of fused-ring (bicyclic) bond motifs is 2. The summed E-state index contributed by atoms with van der Waals surface area (Å²) < 4.78 is -0.0714. The Morgan fingerprint density at radius 3 is 2.62 bits per heavy atom.